The van der Waals surface area contributed by atoms with Crippen molar-refractivity contribution in [3.05, 3.63) is 102 Å². The summed E-state index contributed by atoms with van der Waals surface area (Å²) in [6, 6.07) is 27.9. The first-order valence-electron chi connectivity index (χ1n) is 12.1. The normalized spacial score (nSPS) is 23.3. The average Bonchev–Trinajstić information content (AvgIpc) is 3.61. The molecule has 2 saturated carbocycles. The Labute approximate surface area is 199 Å². The fraction of sp³-hybridized carbons (Fsp3) is 0.267. The van der Waals surface area contributed by atoms with Crippen molar-refractivity contribution in [2.75, 3.05) is 0 Å². The Hall–Kier alpha value is -3.66. The first-order valence-corrected chi connectivity index (χ1v) is 12.1. The fourth-order valence-corrected chi connectivity index (χ4v) is 6.20. The van der Waals surface area contributed by atoms with Gasteiger partial charge in [-0.15, -0.1) is 0 Å². The monoisotopic (exact) mass is 449 g/mol. The molecular weight excluding hydrogens is 422 g/mol. The van der Waals surface area contributed by atoms with Gasteiger partial charge in [0.05, 0.1) is 5.56 Å². The van der Waals surface area contributed by atoms with Crippen molar-refractivity contribution in [2.45, 2.75) is 31.6 Å². The van der Waals surface area contributed by atoms with E-state index in [4.69, 9.17) is 9.40 Å². The first-order chi connectivity index (χ1) is 16.7. The van der Waals surface area contributed by atoms with Crippen LogP contribution in [0, 0.1) is 17.8 Å². The second kappa shape index (κ2) is 8.60. The van der Waals surface area contributed by atoms with E-state index in [-0.39, 0.29) is 5.92 Å². The van der Waals surface area contributed by atoms with Crippen LogP contribution >= 0.6 is 0 Å². The lowest BCUT2D eigenvalue weighted by Gasteiger charge is -2.29. The Morgan fingerprint density at radius 2 is 1.50 bits per heavy atom. The molecule has 2 aliphatic rings. The molecule has 4 heteroatoms. The number of aromatic carboxylic acids is 1. The van der Waals surface area contributed by atoms with Crippen LogP contribution in [-0.2, 0) is 6.42 Å². The Morgan fingerprint density at radius 3 is 2.18 bits per heavy atom. The van der Waals surface area contributed by atoms with Gasteiger partial charge in [-0.25, -0.2) is 9.78 Å². The third-order valence-corrected chi connectivity index (χ3v) is 7.77. The van der Waals surface area contributed by atoms with Crippen LogP contribution in [0.1, 0.15) is 47.0 Å². The molecule has 1 heterocycles. The van der Waals surface area contributed by atoms with Gasteiger partial charge in [0.1, 0.15) is 5.69 Å². The number of rotatable bonds is 6. The number of aromatic nitrogens is 1. The molecule has 2 bridgehead atoms. The topological polar surface area (TPSA) is 63.3 Å². The number of carbonyl (C=O) groups is 1. The van der Waals surface area contributed by atoms with E-state index in [1.165, 1.54) is 24.8 Å². The van der Waals surface area contributed by atoms with Crippen molar-refractivity contribution >= 4 is 5.97 Å². The largest absolute Gasteiger partial charge is 0.478 e. The minimum Gasteiger partial charge on any atom is -0.478 e. The van der Waals surface area contributed by atoms with E-state index < -0.39 is 5.97 Å². The van der Waals surface area contributed by atoms with Crippen molar-refractivity contribution in [2.24, 2.45) is 17.8 Å². The highest BCUT2D eigenvalue weighted by atomic mass is 16.4. The summed E-state index contributed by atoms with van der Waals surface area (Å²) in [6.07, 6.45) is 4.64. The van der Waals surface area contributed by atoms with Crippen LogP contribution in [0.2, 0.25) is 0 Å². The second-order valence-corrected chi connectivity index (χ2v) is 9.69. The number of oxazole rings is 1. The van der Waals surface area contributed by atoms with Crippen molar-refractivity contribution in [1.29, 1.82) is 0 Å². The number of hydrogen-bond acceptors (Lipinski definition) is 3. The van der Waals surface area contributed by atoms with Crippen LogP contribution in [0.15, 0.2) is 89.3 Å². The van der Waals surface area contributed by atoms with Crippen LogP contribution in [0.25, 0.3) is 22.6 Å². The molecule has 0 saturated heterocycles. The zero-order chi connectivity index (χ0) is 23.1. The van der Waals surface area contributed by atoms with Gasteiger partial charge in [0.2, 0.25) is 0 Å². The molecule has 2 fully saturated rings. The van der Waals surface area contributed by atoms with E-state index in [1.807, 2.05) is 48.5 Å². The molecule has 0 spiro atoms. The molecule has 1 N–H and O–H groups in total. The standard InChI is InChI=1S/C30H27NO3/c32-30(33)22-13-11-19(12-14-22)17-25-23-15-16-24(18-23)26(25)29-31-27(20-7-3-1-4-8-20)28(34-29)21-9-5-2-6-10-21/h1-14,23-26H,15-18H2,(H,32,33). The molecule has 4 nitrogen and oxygen atoms in total. The summed E-state index contributed by atoms with van der Waals surface area (Å²) in [5.74, 6) is 2.83. The molecule has 6 rings (SSSR count). The van der Waals surface area contributed by atoms with Crippen LogP contribution in [0.4, 0.5) is 0 Å². The Kier molecular flexibility index (Phi) is 5.29. The Balaban J connectivity index is 1.38. The van der Waals surface area contributed by atoms with Crippen LogP contribution in [0.5, 0.6) is 0 Å². The molecule has 4 unspecified atom stereocenters. The third-order valence-electron chi connectivity index (χ3n) is 7.77. The average molecular weight is 450 g/mol. The maximum absolute atomic E-state index is 11.2. The maximum Gasteiger partial charge on any atom is 0.335 e. The summed E-state index contributed by atoms with van der Waals surface area (Å²) in [5, 5.41) is 9.23. The summed E-state index contributed by atoms with van der Waals surface area (Å²) < 4.78 is 6.62. The number of carboxylic acid groups (broad SMARTS) is 1. The van der Waals surface area contributed by atoms with Crippen molar-refractivity contribution in [3.63, 3.8) is 0 Å². The third kappa shape index (κ3) is 3.73. The highest BCUT2D eigenvalue weighted by molar-refractivity contribution is 5.87. The van der Waals surface area contributed by atoms with Gasteiger partial charge in [-0.3, -0.25) is 0 Å². The van der Waals surface area contributed by atoms with E-state index in [0.717, 1.165) is 34.9 Å². The molecule has 170 valence electrons. The van der Waals surface area contributed by atoms with Gasteiger partial charge in [-0.1, -0.05) is 72.8 Å². The van der Waals surface area contributed by atoms with Gasteiger partial charge in [0, 0.05) is 17.0 Å². The van der Waals surface area contributed by atoms with E-state index in [0.29, 0.717) is 23.3 Å². The highest BCUT2D eigenvalue weighted by Gasteiger charge is 2.50. The quantitative estimate of drug-likeness (QED) is 0.342. The minimum atomic E-state index is -0.883. The van der Waals surface area contributed by atoms with Gasteiger partial charge < -0.3 is 9.52 Å². The maximum atomic E-state index is 11.2. The summed E-state index contributed by atoms with van der Waals surface area (Å²) in [6.45, 7) is 0. The van der Waals surface area contributed by atoms with Crippen LogP contribution < -0.4 is 0 Å². The molecule has 4 atom stereocenters. The highest BCUT2D eigenvalue weighted by Crippen LogP contribution is 2.58. The summed E-state index contributed by atoms with van der Waals surface area (Å²) >= 11 is 0. The van der Waals surface area contributed by atoms with Crippen molar-refractivity contribution < 1.29 is 14.3 Å². The van der Waals surface area contributed by atoms with Crippen molar-refractivity contribution in [3.8, 4) is 22.6 Å². The van der Waals surface area contributed by atoms with Crippen LogP contribution in [-0.4, -0.2) is 16.1 Å². The van der Waals surface area contributed by atoms with Gasteiger partial charge in [0.25, 0.3) is 0 Å². The lowest BCUT2D eigenvalue weighted by molar-refractivity contribution is 0.0697. The molecule has 3 aromatic carbocycles. The fourth-order valence-electron chi connectivity index (χ4n) is 6.20. The van der Waals surface area contributed by atoms with Crippen LogP contribution in [0.3, 0.4) is 0 Å². The molecule has 4 aromatic rings. The number of carboxylic acids is 1. The van der Waals surface area contributed by atoms with Gasteiger partial charge in [-0.05, 0) is 61.1 Å². The molecular formula is C30H27NO3. The molecule has 0 radical (unpaired) electrons. The summed E-state index contributed by atoms with van der Waals surface area (Å²) in [5.41, 5.74) is 4.55. The molecule has 0 aliphatic heterocycles. The predicted octanol–water partition coefficient (Wildman–Crippen LogP) is 7.08. The lowest BCUT2D eigenvalue weighted by Crippen LogP contribution is -2.23. The Bertz CT molecular complexity index is 1240. The van der Waals surface area contributed by atoms with E-state index >= 15 is 0 Å². The number of nitrogens with zero attached hydrogens (tertiary/aromatic N) is 1. The van der Waals surface area contributed by atoms with E-state index in [2.05, 4.69) is 24.3 Å². The lowest BCUT2D eigenvalue weighted by atomic mass is 9.76. The summed E-state index contributed by atoms with van der Waals surface area (Å²) in [7, 11) is 0. The molecule has 0 amide bonds. The van der Waals surface area contributed by atoms with E-state index in [1.54, 1.807) is 12.1 Å². The van der Waals surface area contributed by atoms with Gasteiger partial charge >= 0.3 is 5.97 Å². The summed E-state index contributed by atoms with van der Waals surface area (Å²) in [4.78, 5) is 16.4. The number of hydrogen-bond donors (Lipinski definition) is 1. The van der Waals surface area contributed by atoms with Crippen molar-refractivity contribution in [1.82, 2.24) is 4.98 Å². The van der Waals surface area contributed by atoms with Gasteiger partial charge in [-0.2, -0.15) is 0 Å². The zero-order valence-electron chi connectivity index (χ0n) is 18.9. The van der Waals surface area contributed by atoms with E-state index in [9.17, 15) is 9.90 Å². The minimum absolute atomic E-state index is 0.290. The molecule has 1 aromatic heterocycles. The SMILES string of the molecule is O=C(O)c1ccc(CC2C3CCC(C3)C2c2nc(-c3ccccc3)c(-c3ccccc3)o2)cc1. The van der Waals surface area contributed by atoms with Gasteiger partial charge in [0.15, 0.2) is 11.7 Å². The Morgan fingerprint density at radius 1 is 0.853 bits per heavy atom. The second-order valence-electron chi connectivity index (χ2n) is 9.69. The number of benzene rings is 3. The smallest absolute Gasteiger partial charge is 0.335 e. The molecule has 34 heavy (non-hydrogen) atoms. The first kappa shape index (κ1) is 20.9. The molecule has 2 aliphatic carbocycles. The number of fused-ring (bicyclic) bond motifs is 2. The zero-order valence-corrected chi connectivity index (χ0v) is 18.9. The predicted molar refractivity (Wildman–Crippen MR) is 132 cm³/mol.